The predicted molar refractivity (Wildman–Crippen MR) is 99.3 cm³/mol. The van der Waals surface area contributed by atoms with Crippen molar-refractivity contribution < 1.29 is 14.0 Å². The standard InChI is InChI=1S/C18H25BrN2O3/c1-7-13(18(3,4)12-16(22)21(5)6)11-14(8-2)20-24-17-10-9-15(19)23-17/h7-11,20H,1,12H2,2-6H3/b13-11+,14-8+. The second kappa shape index (κ2) is 8.78. The molecule has 0 aliphatic rings. The number of nitrogens with zero attached hydrogens (tertiary/aromatic N) is 1. The predicted octanol–water partition coefficient (Wildman–Crippen LogP) is 4.45. The van der Waals surface area contributed by atoms with Crippen LogP contribution in [0.3, 0.4) is 0 Å². The van der Waals surface area contributed by atoms with E-state index in [2.05, 4.69) is 28.0 Å². The summed E-state index contributed by atoms with van der Waals surface area (Å²) >= 11 is 3.22. The van der Waals surface area contributed by atoms with Crippen LogP contribution in [0.1, 0.15) is 27.2 Å². The Bertz CT molecular complexity index is 642. The SMILES string of the molecule is C=C/C(=C\C(=C/C)NOc1ccc(Br)o1)C(C)(C)CC(=O)N(C)C. The first kappa shape index (κ1) is 20.1. The van der Waals surface area contributed by atoms with Crippen LogP contribution >= 0.6 is 15.9 Å². The number of halogens is 1. The van der Waals surface area contributed by atoms with Gasteiger partial charge in [0.15, 0.2) is 4.67 Å². The van der Waals surface area contributed by atoms with E-state index >= 15 is 0 Å². The van der Waals surface area contributed by atoms with Gasteiger partial charge in [0, 0.05) is 26.6 Å². The van der Waals surface area contributed by atoms with Crippen molar-refractivity contribution >= 4 is 21.8 Å². The van der Waals surface area contributed by atoms with E-state index in [-0.39, 0.29) is 11.3 Å². The van der Waals surface area contributed by atoms with Gasteiger partial charge in [-0.25, -0.2) is 5.48 Å². The van der Waals surface area contributed by atoms with E-state index in [0.717, 1.165) is 11.3 Å². The van der Waals surface area contributed by atoms with Crippen molar-refractivity contribution in [3.8, 4) is 5.95 Å². The first-order valence-corrected chi connectivity index (χ1v) is 8.38. The minimum atomic E-state index is -0.354. The molecule has 0 bridgehead atoms. The fraction of sp³-hybridized carbons (Fsp3) is 0.389. The molecular formula is C18H25BrN2O3. The van der Waals surface area contributed by atoms with E-state index in [1.54, 1.807) is 37.2 Å². The van der Waals surface area contributed by atoms with Gasteiger partial charge in [0.2, 0.25) is 5.91 Å². The Labute approximate surface area is 152 Å². The Kier molecular flexibility index (Phi) is 7.35. The van der Waals surface area contributed by atoms with Gasteiger partial charge in [-0.15, -0.1) is 0 Å². The Balaban J connectivity index is 2.86. The van der Waals surface area contributed by atoms with Crippen LogP contribution in [0.2, 0.25) is 0 Å². The van der Waals surface area contributed by atoms with Crippen molar-refractivity contribution in [3.05, 3.63) is 52.9 Å². The summed E-state index contributed by atoms with van der Waals surface area (Å²) in [5, 5.41) is 0. The topological polar surface area (TPSA) is 54.7 Å². The molecule has 1 rings (SSSR count). The number of amides is 1. The molecule has 1 heterocycles. The molecule has 0 spiro atoms. The highest BCUT2D eigenvalue weighted by Crippen LogP contribution is 2.32. The van der Waals surface area contributed by atoms with Crippen LogP contribution in [0.5, 0.6) is 5.95 Å². The summed E-state index contributed by atoms with van der Waals surface area (Å²) in [6.45, 7) is 9.79. The fourth-order valence-corrected chi connectivity index (χ4v) is 2.26. The van der Waals surface area contributed by atoms with E-state index in [4.69, 9.17) is 9.25 Å². The summed E-state index contributed by atoms with van der Waals surface area (Å²) in [4.78, 5) is 19.0. The average Bonchev–Trinajstić information content (AvgIpc) is 2.92. The monoisotopic (exact) mass is 396 g/mol. The molecule has 5 nitrogen and oxygen atoms in total. The van der Waals surface area contributed by atoms with E-state index in [0.29, 0.717) is 17.0 Å². The van der Waals surface area contributed by atoms with Crippen molar-refractivity contribution in [1.82, 2.24) is 10.4 Å². The molecule has 0 aliphatic carbocycles. The largest absolute Gasteiger partial charge is 0.417 e. The lowest BCUT2D eigenvalue weighted by atomic mass is 9.80. The Morgan fingerprint density at radius 1 is 1.46 bits per heavy atom. The first-order valence-electron chi connectivity index (χ1n) is 7.59. The van der Waals surface area contributed by atoms with Gasteiger partial charge in [-0.2, -0.15) is 0 Å². The van der Waals surface area contributed by atoms with Crippen molar-refractivity contribution in [2.75, 3.05) is 14.1 Å². The van der Waals surface area contributed by atoms with E-state index in [1.165, 1.54) is 0 Å². The highest BCUT2D eigenvalue weighted by Gasteiger charge is 2.26. The summed E-state index contributed by atoms with van der Waals surface area (Å²) in [5.41, 5.74) is 4.16. The third-order valence-corrected chi connectivity index (χ3v) is 3.96. The molecular weight excluding hydrogens is 372 g/mol. The molecule has 1 N–H and O–H groups in total. The quantitative estimate of drug-likeness (QED) is 0.520. The zero-order valence-corrected chi connectivity index (χ0v) is 16.4. The molecule has 1 aromatic heterocycles. The van der Waals surface area contributed by atoms with Crippen molar-refractivity contribution in [1.29, 1.82) is 0 Å². The van der Waals surface area contributed by atoms with E-state index in [1.807, 2.05) is 32.9 Å². The van der Waals surface area contributed by atoms with Crippen LogP contribution < -0.4 is 10.3 Å². The molecule has 24 heavy (non-hydrogen) atoms. The van der Waals surface area contributed by atoms with Gasteiger partial charge in [-0.3, -0.25) is 4.79 Å². The molecule has 0 saturated carbocycles. The minimum Gasteiger partial charge on any atom is -0.417 e. The maximum absolute atomic E-state index is 12.0. The fourth-order valence-electron chi connectivity index (χ4n) is 1.97. The van der Waals surface area contributed by atoms with E-state index < -0.39 is 0 Å². The Morgan fingerprint density at radius 3 is 2.58 bits per heavy atom. The summed E-state index contributed by atoms with van der Waals surface area (Å²) < 4.78 is 5.86. The maximum Gasteiger partial charge on any atom is 0.312 e. The summed E-state index contributed by atoms with van der Waals surface area (Å²) in [6.07, 6.45) is 5.93. The summed E-state index contributed by atoms with van der Waals surface area (Å²) in [7, 11) is 3.51. The smallest absolute Gasteiger partial charge is 0.312 e. The van der Waals surface area contributed by atoms with Crippen molar-refractivity contribution in [3.63, 3.8) is 0 Å². The number of rotatable bonds is 8. The number of carbonyl (C=O) groups is 1. The molecule has 0 unspecified atom stereocenters. The normalized spacial score (nSPS) is 12.8. The molecule has 0 radical (unpaired) electrons. The summed E-state index contributed by atoms with van der Waals surface area (Å²) in [5.74, 6) is 0.413. The first-order chi connectivity index (χ1) is 11.2. The highest BCUT2D eigenvalue weighted by molar-refractivity contribution is 9.10. The lowest BCUT2D eigenvalue weighted by molar-refractivity contribution is -0.130. The van der Waals surface area contributed by atoms with Crippen LogP contribution in [-0.2, 0) is 4.79 Å². The zero-order valence-electron chi connectivity index (χ0n) is 14.9. The second-order valence-corrected chi connectivity index (χ2v) is 6.94. The number of furan rings is 1. The van der Waals surface area contributed by atoms with Crippen molar-refractivity contribution in [2.45, 2.75) is 27.2 Å². The van der Waals surface area contributed by atoms with E-state index in [9.17, 15) is 4.79 Å². The second-order valence-electron chi connectivity index (χ2n) is 6.16. The molecule has 0 aliphatic heterocycles. The van der Waals surface area contributed by atoms with Gasteiger partial charge in [0.25, 0.3) is 0 Å². The van der Waals surface area contributed by atoms with Gasteiger partial charge in [-0.05, 0) is 46.0 Å². The Hall–Kier alpha value is -1.95. The molecule has 0 aromatic carbocycles. The highest BCUT2D eigenvalue weighted by atomic mass is 79.9. The number of hydrogen-bond acceptors (Lipinski definition) is 4. The number of hydrogen-bond donors (Lipinski definition) is 1. The van der Waals surface area contributed by atoms with Gasteiger partial charge >= 0.3 is 5.95 Å². The van der Waals surface area contributed by atoms with Crippen LogP contribution in [0.25, 0.3) is 0 Å². The lowest BCUT2D eigenvalue weighted by Gasteiger charge is -2.27. The van der Waals surface area contributed by atoms with Gasteiger partial charge in [0.05, 0.1) is 5.70 Å². The number of nitrogens with one attached hydrogen (secondary N) is 1. The minimum absolute atomic E-state index is 0.0689. The zero-order chi connectivity index (χ0) is 18.3. The van der Waals surface area contributed by atoms with Crippen LogP contribution in [0.15, 0.2) is 57.3 Å². The third kappa shape index (κ3) is 5.92. The van der Waals surface area contributed by atoms with Gasteiger partial charge < -0.3 is 14.2 Å². The van der Waals surface area contributed by atoms with Crippen LogP contribution in [-0.4, -0.2) is 24.9 Å². The third-order valence-electron chi connectivity index (χ3n) is 3.53. The molecule has 1 aromatic rings. The van der Waals surface area contributed by atoms with Gasteiger partial charge in [0.1, 0.15) is 0 Å². The Morgan fingerprint density at radius 2 is 2.12 bits per heavy atom. The van der Waals surface area contributed by atoms with Crippen LogP contribution in [0.4, 0.5) is 0 Å². The maximum atomic E-state index is 12.0. The molecule has 1 amide bonds. The number of allylic oxidation sites excluding steroid dienone is 4. The van der Waals surface area contributed by atoms with Crippen LogP contribution in [0, 0.1) is 5.41 Å². The number of carbonyl (C=O) groups excluding carboxylic acids is 1. The number of hydroxylamine groups is 1. The molecule has 132 valence electrons. The molecule has 0 fully saturated rings. The summed E-state index contributed by atoms with van der Waals surface area (Å²) in [6, 6.07) is 3.44. The van der Waals surface area contributed by atoms with Gasteiger partial charge in [-0.1, -0.05) is 32.6 Å². The molecule has 0 saturated heterocycles. The molecule has 6 heteroatoms. The molecule has 0 atom stereocenters. The average molecular weight is 397 g/mol. The lowest BCUT2D eigenvalue weighted by Crippen LogP contribution is -2.29. The van der Waals surface area contributed by atoms with Crippen molar-refractivity contribution in [2.24, 2.45) is 5.41 Å².